The third-order valence-corrected chi connectivity index (χ3v) is 6.38. The molecule has 9 heteroatoms. The highest BCUT2D eigenvalue weighted by Crippen LogP contribution is 2.60. The molecule has 0 aromatic heterocycles. The number of thioether (sulfide) groups is 2. The van der Waals surface area contributed by atoms with Gasteiger partial charge in [0.25, 0.3) is 5.78 Å². The van der Waals surface area contributed by atoms with Gasteiger partial charge in [0, 0.05) is 17.1 Å². The highest BCUT2D eigenvalue weighted by Gasteiger charge is 2.59. The number of halogens is 6. The average Bonchev–Trinajstić information content (AvgIpc) is 2.87. The Balaban J connectivity index is 2.36. The number of hydrogen-bond donors (Lipinski definition) is 0. The van der Waals surface area contributed by atoms with Gasteiger partial charge in [0.2, 0.25) is 0 Å². The van der Waals surface area contributed by atoms with Crippen LogP contribution in [0.3, 0.4) is 0 Å². The molecule has 116 valence electrons. The number of hydrogen-bond acceptors (Lipinski definition) is 3. The molecule has 0 radical (unpaired) electrons. The summed E-state index contributed by atoms with van der Waals surface area (Å²) < 4.78 is 74.4. The topological polar surface area (TPSA) is 17.1 Å². The summed E-state index contributed by atoms with van der Waals surface area (Å²) in [6.07, 6.45) is -9.57. The number of benzene rings is 1. The van der Waals surface area contributed by atoms with Crippen LogP contribution in [0.4, 0.5) is 26.3 Å². The molecule has 0 amide bonds. The van der Waals surface area contributed by atoms with Gasteiger partial charge in [-0.3, -0.25) is 4.79 Å². The van der Waals surface area contributed by atoms with E-state index >= 15 is 0 Å². The molecule has 1 saturated heterocycles. The van der Waals surface area contributed by atoms with E-state index in [4.69, 9.17) is 0 Å². The van der Waals surface area contributed by atoms with Crippen molar-refractivity contribution in [3.8, 4) is 0 Å². The van der Waals surface area contributed by atoms with Gasteiger partial charge in [-0.2, -0.15) is 26.3 Å². The predicted octanol–water partition coefficient (Wildman–Crippen LogP) is 4.63. The fraction of sp³-hybridized carbons (Fsp3) is 0.417. The van der Waals surface area contributed by atoms with Gasteiger partial charge in [0.05, 0.1) is 0 Å². The average molecular weight is 346 g/mol. The Kier molecular flexibility index (Phi) is 4.27. The first-order valence-electron chi connectivity index (χ1n) is 5.64. The van der Waals surface area contributed by atoms with Crippen LogP contribution in [0.5, 0.6) is 0 Å². The normalized spacial score (nSPS) is 18.8. The van der Waals surface area contributed by atoms with Crippen LogP contribution < -0.4 is 0 Å². The fourth-order valence-electron chi connectivity index (χ4n) is 1.91. The van der Waals surface area contributed by atoms with Crippen LogP contribution >= 0.6 is 23.5 Å². The minimum atomic E-state index is -5.04. The summed E-state index contributed by atoms with van der Waals surface area (Å²) in [6, 6.07) is 3.46. The maximum Gasteiger partial charge on any atom is 0.454 e. The van der Waals surface area contributed by atoms with Crippen molar-refractivity contribution in [2.45, 2.75) is 16.4 Å². The van der Waals surface area contributed by atoms with Crippen LogP contribution in [-0.2, 0) is 4.08 Å². The highest BCUT2D eigenvalue weighted by molar-refractivity contribution is 8.20. The van der Waals surface area contributed by atoms with Gasteiger partial charge in [-0.05, 0) is 5.56 Å². The van der Waals surface area contributed by atoms with Crippen molar-refractivity contribution < 1.29 is 31.1 Å². The first-order chi connectivity index (χ1) is 9.58. The molecular formula is C12H8F6OS2. The van der Waals surface area contributed by atoms with Gasteiger partial charge >= 0.3 is 12.4 Å². The molecule has 1 aromatic rings. The molecule has 1 fully saturated rings. The monoisotopic (exact) mass is 346 g/mol. The van der Waals surface area contributed by atoms with Crippen molar-refractivity contribution in [3.05, 3.63) is 35.4 Å². The molecule has 0 spiro atoms. The zero-order valence-electron chi connectivity index (χ0n) is 10.2. The summed E-state index contributed by atoms with van der Waals surface area (Å²) in [4.78, 5) is 11.0. The lowest BCUT2D eigenvalue weighted by molar-refractivity contribution is -0.138. The maximum atomic E-state index is 13.3. The van der Waals surface area contributed by atoms with Crippen LogP contribution in [0.1, 0.15) is 15.9 Å². The van der Waals surface area contributed by atoms with E-state index in [9.17, 15) is 31.1 Å². The quantitative estimate of drug-likeness (QED) is 0.574. The first kappa shape index (κ1) is 16.5. The van der Waals surface area contributed by atoms with Crippen molar-refractivity contribution in [1.82, 2.24) is 0 Å². The zero-order chi connectivity index (χ0) is 15.9. The Bertz CT molecular complexity index is 528. The SMILES string of the molecule is O=C(c1ccc(C2(C(F)(F)F)SCCS2)cc1)C(F)(F)F. The smallest absolute Gasteiger partial charge is 0.284 e. The van der Waals surface area contributed by atoms with Crippen LogP contribution in [0.25, 0.3) is 0 Å². The molecule has 1 aliphatic heterocycles. The predicted molar refractivity (Wildman–Crippen MR) is 69.5 cm³/mol. The second-order valence-electron chi connectivity index (χ2n) is 4.22. The minimum Gasteiger partial charge on any atom is -0.284 e. The Labute approximate surface area is 124 Å². The van der Waals surface area contributed by atoms with E-state index in [1.54, 1.807) is 0 Å². The molecule has 0 atom stereocenters. The van der Waals surface area contributed by atoms with Crippen molar-refractivity contribution in [3.63, 3.8) is 0 Å². The van der Waals surface area contributed by atoms with Crippen molar-refractivity contribution in [1.29, 1.82) is 0 Å². The number of rotatable bonds is 2. The Morgan fingerprint density at radius 1 is 0.952 bits per heavy atom. The second kappa shape index (κ2) is 5.42. The molecule has 1 aromatic carbocycles. The van der Waals surface area contributed by atoms with E-state index < -0.39 is 27.8 Å². The van der Waals surface area contributed by atoms with E-state index in [2.05, 4.69) is 0 Å². The summed E-state index contributed by atoms with van der Waals surface area (Å²) in [6.45, 7) is 0. The Hall–Kier alpha value is -0.830. The van der Waals surface area contributed by atoms with E-state index in [0.717, 1.165) is 24.3 Å². The largest absolute Gasteiger partial charge is 0.454 e. The molecular weight excluding hydrogens is 338 g/mol. The number of ketones is 1. The van der Waals surface area contributed by atoms with Crippen LogP contribution in [0.15, 0.2) is 24.3 Å². The maximum absolute atomic E-state index is 13.3. The molecule has 1 aliphatic rings. The summed E-state index contributed by atoms with van der Waals surface area (Å²) in [5.41, 5.74) is -0.821. The Morgan fingerprint density at radius 2 is 1.43 bits per heavy atom. The molecule has 1 heterocycles. The van der Waals surface area contributed by atoms with Gasteiger partial charge < -0.3 is 0 Å². The Morgan fingerprint density at radius 3 is 1.81 bits per heavy atom. The molecule has 0 bridgehead atoms. The summed E-state index contributed by atoms with van der Waals surface area (Å²) in [5.74, 6) is -1.47. The molecule has 21 heavy (non-hydrogen) atoms. The molecule has 1 nitrogen and oxygen atoms in total. The minimum absolute atomic E-state index is 0.152. The van der Waals surface area contributed by atoms with Gasteiger partial charge in [-0.15, -0.1) is 23.5 Å². The molecule has 2 rings (SSSR count). The van der Waals surface area contributed by atoms with Crippen LogP contribution in [0.2, 0.25) is 0 Å². The summed E-state index contributed by atoms with van der Waals surface area (Å²) in [7, 11) is 0. The van der Waals surface area contributed by atoms with E-state index in [-0.39, 0.29) is 5.56 Å². The van der Waals surface area contributed by atoms with Crippen LogP contribution in [-0.4, -0.2) is 29.6 Å². The lowest BCUT2D eigenvalue weighted by atomic mass is 10.1. The summed E-state index contributed by atoms with van der Waals surface area (Å²) in [5, 5.41) is 0. The second-order valence-corrected chi connectivity index (χ2v) is 7.09. The number of carbonyl (C=O) groups excluding carboxylic acids is 1. The van der Waals surface area contributed by atoms with Gasteiger partial charge in [0.15, 0.2) is 4.08 Å². The molecule has 0 aliphatic carbocycles. The van der Waals surface area contributed by atoms with Crippen molar-refractivity contribution in [2.75, 3.05) is 11.5 Å². The number of alkyl halides is 6. The van der Waals surface area contributed by atoms with Gasteiger partial charge in [0.1, 0.15) is 0 Å². The highest BCUT2D eigenvalue weighted by atomic mass is 32.2. The third kappa shape index (κ3) is 3.03. The number of carbonyl (C=O) groups is 1. The lowest BCUT2D eigenvalue weighted by Crippen LogP contribution is -2.34. The summed E-state index contributed by atoms with van der Waals surface area (Å²) >= 11 is 1.40. The fourth-order valence-corrected chi connectivity index (χ4v) is 4.92. The number of Topliss-reactive ketones (excluding diaryl/α,β-unsaturated/α-hetero) is 1. The van der Waals surface area contributed by atoms with E-state index in [0.29, 0.717) is 35.0 Å². The molecule has 0 unspecified atom stereocenters. The van der Waals surface area contributed by atoms with Gasteiger partial charge in [-0.1, -0.05) is 24.3 Å². The zero-order valence-corrected chi connectivity index (χ0v) is 11.8. The van der Waals surface area contributed by atoms with Crippen molar-refractivity contribution >= 4 is 29.3 Å². The standard InChI is InChI=1S/C12H8F6OS2/c13-11(14,15)9(19)7-1-3-8(4-2-7)10(12(16,17)18)20-5-6-21-10/h1-4H,5-6H2. The lowest BCUT2D eigenvalue weighted by Gasteiger charge is -2.30. The van der Waals surface area contributed by atoms with E-state index in [1.807, 2.05) is 0 Å². The van der Waals surface area contributed by atoms with Gasteiger partial charge in [-0.25, -0.2) is 0 Å². The molecule has 0 N–H and O–H groups in total. The third-order valence-electron chi connectivity index (χ3n) is 2.85. The van der Waals surface area contributed by atoms with E-state index in [1.165, 1.54) is 0 Å². The first-order valence-corrected chi connectivity index (χ1v) is 7.62. The van der Waals surface area contributed by atoms with Crippen LogP contribution in [0, 0.1) is 0 Å². The van der Waals surface area contributed by atoms with Crippen molar-refractivity contribution in [2.24, 2.45) is 0 Å². The molecule has 0 saturated carbocycles.